The van der Waals surface area contributed by atoms with E-state index in [4.69, 9.17) is 0 Å². The lowest BCUT2D eigenvalue weighted by Gasteiger charge is -2.26. The third-order valence-electron chi connectivity index (χ3n) is 4.98. The van der Waals surface area contributed by atoms with Crippen LogP contribution in [0, 0.1) is 0 Å². The fourth-order valence-electron chi connectivity index (χ4n) is 3.53. The molecule has 0 unspecified atom stereocenters. The van der Waals surface area contributed by atoms with Gasteiger partial charge < -0.3 is 10.6 Å². The van der Waals surface area contributed by atoms with E-state index in [-0.39, 0.29) is 17.4 Å². The van der Waals surface area contributed by atoms with Crippen molar-refractivity contribution in [3.05, 3.63) is 65.2 Å². The van der Waals surface area contributed by atoms with Crippen molar-refractivity contribution < 1.29 is 9.59 Å². The maximum atomic E-state index is 12.7. The van der Waals surface area contributed by atoms with Crippen molar-refractivity contribution in [1.82, 2.24) is 10.2 Å². The zero-order valence-electron chi connectivity index (χ0n) is 17.6. The van der Waals surface area contributed by atoms with E-state index in [1.54, 1.807) is 18.2 Å². The number of carbonyl (C=O) groups is 2. The second-order valence-electron chi connectivity index (χ2n) is 8.74. The predicted octanol–water partition coefficient (Wildman–Crippen LogP) is 4.45. The Morgan fingerprint density at radius 1 is 0.897 bits per heavy atom. The molecule has 1 aliphatic heterocycles. The summed E-state index contributed by atoms with van der Waals surface area (Å²) in [5.74, 6) is -0.421. The number of anilines is 1. The van der Waals surface area contributed by atoms with Crippen LogP contribution in [0.15, 0.2) is 48.5 Å². The van der Waals surface area contributed by atoms with E-state index in [0.717, 1.165) is 19.6 Å². The molecule has 1 fully saturated rings. The number of amides is 2. The van der Waals surface area contributed by atoms with Crippen LogP contribution in [0.5, 0.6) is 0 Å². The van der Waals surface area contributed by atoms with E-state index in [2.05, 4.69) is 15.5 Å². The highest BCUT2D eigenvalue weighted by Crippen LogP contribution is 2.18. The Morgan fingerprint density at radius 2 is 1.55 bits per heavy atom. The topological polar surface area (TPSA) is 61.4 Å². The number of nitrogens with one attached hydrogen (secondary N) is 2. The van der Waals surface area contributed by atoms with Gasteiger partial charge in [-0.2, -0.15) is 0 Å². The first kappa shape index (κ1) is 21.1. The summed E-state index contributed by atoms with van der Waals surface area (Å²) >= 11 is 0. The largest absolute Gasteiger partial charge is 0.347 e. The zero-order valence-corrected chi connectivity index (χ0v) is 17.6. The highest BCUT2D eigenvalue weighted by Gasteiger charge is 2.19. The van der Waals surface area contributed by atoms with E-state index in [9.17, 15) is 9.59 Å². The number of carbonyl (C=O) groups excluding carboxylic acids is 2. The van der Waals surface area contributed by atoms with E-state index in [0.29, 0.717) is 16.8 Å². The van der Waals surface area contributed by atoms with Crippen LogP contribution < -0.4 is 10.6 Å². The molecule has 0 radical (unpaired) electrons. The van der Waals surface area contributed by atoms with E-state index in [1.807, 2.05) is 51.1 Å². The minimum absolute atomic E-state index is 0.203. The van der Waals surface area contributed by atoms with Gasteiger partial charge in [0.25, 0.3) is 11.8 Å². The summed E-state index contributed by atoms with van der Waals surface area (Å²) in [6, 6.07) is 14.8. The fourth-order valence-corrected chi connectivity index (χ4v) is 3.53. The third kappa shape index (κ3) is 6.16. The molecule has 1 saturated heterocycles. The first-order chi connectivity index (χ1) is 13.8. The Labute approximate surface area is 173 Å². The summed E-state index contributed by atoms with van der Waals surface area (Å²) in [7, 11) is 0. The number of piperidine rings is 1. The maximum absolute atomic E-state index is 12.7. The molecule has 5 heteroatoms. The summed E-state index contributed by atoms with van der Waals surface area (Å²) in [5.41, 5.74) is 2.42. The molecule has 2 N–H and O–H groups in total. The van der Waals surface area contributed by atoms with Crippen molar-refractivity contribution in [2.45, 2.75) is 52.1 Å². The Bertz CT molecular complexity index is 847. The van der Waals surface area contributed by atoms with Crippen LogP contribution >= 0.6 is 0 Å². The van der Waals surface area contributed by atoms with Gasteiger partial charge in [-0.05, 0) is 76.5 Å². The molecule has 2 amide bonds. The molecule has 2 aromatic rings. The van der Waals surface area contributed by atoms with Crippen LogP contribution in [-0.4, -0.2) is 35.3 Å². The van der Waals surface area contributed by atoms with Gasteiger partial charge in [-0.25, -0.2) is 0 Å². The Kier molecular flexibility index (Phi) is 6.70. The minimum atomic E-state index is -0.349. The summed E-state index contributed by atoms with van der Waals surface area (Å²) < 4.78 is 0. The van der Waals surface area contributed by atoms with Crippen LogP contribution in [0.3, 0.4) is 0 Å². The SMILES string of the molecule is CC(C)(C)NC(=O)c1ccccc1NC(=O)c1ccc(CN2CCCCC2)cc1. The number of benzene rings is 2. The molecule has 0 saturated carbocycles. The number of likely N-dealkylation sites (tertiary alicyclic amines) is 1. The Morgan fingerprint density at radius 3 is 2.21 bits per heavy atom. The van der Waals surface area contributed by atoms with Crippen molar-refractivity contribution in [3.8, 4) is 0 Å². The van der Waals surface area contributed by atoms with E-state index in [1.165, 1.54) is 24.8 Å². The minimum Gasteiger partial charge on any atom is -0.347 e. The van der Waals surface area contributed by atoms with Gasteiger partial charge in [-0.15, -0.1) is 0 Å². The van der Waals surface area contributed by atoms with Gasteiger partial charge in [0, 0.05) is 17.6 Å². The van der Waals surface area contributed by atoms with E-state index < -0.39 is 0 Å². The monoisotopic (exact) mass is 393 g/mol. The second-order valence-corrected chi connectivity index (χ2v) is 8.74. The maximum Gasteiger partial charge on any atom is 0.255 e. The van der Waals surface area contributed by atoms with Crippen LogP contribution in [0.4, 0.5) is 5.69 Å². The summed E-state index contributed by atoms with van der Waals surface area (Å²) in [4.78, 5) is 27.7. The number of rotatable bonds is 5. The molecule has 0 aromatic heterocycles. The third-order valence-corrected chi connectivity index (χ3v) is 4.98. The van der Waals surface area contributed by atoms with Crippen LogP contribution in [0.2, 0.25) is 0 Å². The summed E-state index contributed by atoms with van der Waals surface area (Å²) in [6.45, 7) is 9.01. The molecule has 29 heavy (non-hydrogen) atoms. The van der Waals surface area contributed by atoms with Crippen molar-refractivity contribution in [2.24, 2.45) is 0 Å². The lowest BCUT2D eigenvalue weighted by molar-refractivity contribution is 0.0920. The number of para-hydroxylation sites is 1. The molecule has 5 nitrogen and oxygen atoms in total. The van der Waals surface area contributed by atoms with Gasteiger partial charge >= 0.3 is 0 Å². The first-order valence-electron chi connectivity index (χ1n) is 10.4. The van der Waals surface area contributed by atoms with Crippen molar-refractivity contribution >= 4 is 17.5 Å². The van der Waals surface area contributed by atoms with Crippen molar-refractivity contribution in [3.63, 3.8) is 0 Å². The van der Waals surface area contributed by atoms with Crippen molar-refractivity contribution in [2.75, 3.05) is 18.4 Å². The van der Waals surface area contributed by atoms with Gasteiger partial charge in [0.05, 0.1) is 11.3 Å². The van der Waals surface area contributed by atoms with Gasteiger partial charge in [-0.1, -0.05) is 30.7 Å². The quantitative estimate of drug-likeness (QED) is 0.789. The first-order valence-corrected chi connectivity index (χ1v) is 10.4. The molecule has 0 bridgehead atoms. The highest BCUT2D eigenvalue weighted by molar-refractivity contribution is 6.09. The molecular formula is C24H31N3O2. The molecular weight excluding hydrogens is 362 g/mol. The standard InChI is InChI=1S/C24H31N3O2/c1-24(2,3)26-23(29)20-9-5-6-10-21(20)25-22(28)19-13-11-18(12-14-19)17-27-15-7-4-8-16-27/h5-6,9-14H,4,7-8,15-17H2,1-3H3,(H,25,28)(H,26,29). The average molecular weight is 394 g/mol. The second kappa shape index (κ2) is 9.23. The molecule has 0 aliphatic carbocycles. The summed E-state index contributed by atoms with van der Waals surface area (Å²) in [5, 5.41) is 5.82. The van der Waals surface area contributed by atoms with Gasteiger partial charge in [0.1, 0.15) is 0 Å². The Hall–Kier alpha value is -2.66. The normalized spacial score (nSPS) is 15.0. The van der Waals surface area contributed by atoms with Gasteiger partial charge in [0.2, 0.25) is 0 Å². The van der Waals surface area contributed by atoms with Crippen molar-refractivity contribution in [1.29, 1.82) is 0 Å². The fraction of sp³-hybridized carbons (Fsp3) is 0.417. The number of nitrogens with zero attached hydrogens (tertiary/aromatic N) is 1. The lowest BCUT2D eigenvalue weighted by atomic mass is 10.1. The Balaban J connectivity index is 1.66. The lowest BCUT2D eigenvalue weighted by Crippen LogP contribution is -2.40. The van der Waals surface area contributed by atoms with Crippen LogP contribution in [0.1, 0.15) is 66.3 Å². The van der Waals surface area contributed by atoms with Gasteiger partial charge in [0.15, 0.2) is 0 Å². The molecule has 1 heterocycles. The smallest absolute Gasteiger partial charge is 0.255 e. The molecule has 3 rings (SSSR count). The number of hydrogen-bond donors (Lipinski definition) is 2. The molecule has 1 aliphatic rings. The number of hydrogen-bond acceptors (Lipinski definition) is 3. The molecule has 0 spiro atoms. The highest BCUT2D eigenvalue weighted by atomic mass is 16.2. The van der Waals surface area contributed by atoms with E-state index >= 15 is 0 Å². The average Bonchev–Trinajstić information content (AvgIpc) is 2.68. The van der Waals surface area contributed by atoms with Crippen LogP contribution in [-0.2, 0) is 6.54 Å². The van der Waals surface area contributed by atoms with Gasteiger partial charge in [-0.3, -0.25) is 14.5 Å². The molecule has 2 aromatic carbocycles. The molecule has 154 valence electrons. The zero-order chi connectivity index (χ0) is 20.9. The van der Waals surface area contributed by atoms with Crippen LogP contribution in [0.25, 0.3) is 0 Å². The predicted molar refractivity (Wildman–Crippen MR) is 117 cm³/mol. The summed E-state index contributed by atoms with van der Waals surface area (Å²) in [6.07, 6.45) is 3.86. The molecule has 0 atom stereocenters.